The number of carbonyl (C=O) groups is 1. The van der Waals surface area contributed by atoms with Crippen LogP contribution in [0.15, 0.2) is 82.3 Å². The van der Waals surface area contributed by atoms with E-state index in [0.29, 0.717) is 19.6 Å². The Morgan fingerprint density at radius 1 is 1.03 bits per heavy atom. The number of ether oxygens (including phenoxy) is 1. The molecule has 0 unspecified atom stereocenters. The molecule has 9 heteroatoms. The summed E-state index contributed by atoms with van der Waals surface area (Å²) in [7, 11) is 0. The Morgan fingerprint density at radius 3 is 2.22 bits per heavy atom. The van der Waals surface area contributed by atoms with E-state index in [1.165, 1.54) is 34.5 Å². The molecule has 9 nitrogen and oxygen atoms in total. The summed E-state index contributed by atoms with van der Waals surface area (Å²) in [6.07, 6.45) is 0.340. The number of amides is 1. The van der Waals surface area contributed by atoms with E-state index in [9.17, 15) is 14.9 Å². The highest BCUT2D eigenvalue weighted by Crippen LogP contribution is 2.18. The lowest BCUT2D eigenvalue weighted by Crippen LogP contribution is -2.33. The molecule has 164 valence electrons. The molecule has 0 bridgehead atoms. The zero-order valence-electron chi connectivity index (χ0n) is 17.2. The van der Waals surface area contributed by atoms with E-state index in [2.05, 4.69) is 34.3 Å². The van der Waals surface area contributed by atoms with Crippen LogP contribution in [0, 0.1) is 10.1 Å². The molecule has 1 amide bonds. The van der Waals surface area contributed by atoms with Crippen molar-refractivity contribution in [1.82, 2.24) is 9.91 Å². The molecular formula is C23H22N4O5. The number of cyclic esters (lactones) is 1. The molecule has 1 fully saturated rings. The van der Waals surface area contributed by atoms with E-state index in [1.54, 1.807) is 0 Å². The summed E-state index contributed by atoms with van der Waals surface area (Å²) < 4.78 is 10.5. The molecule has 2 heterocycles. The Morgan fingerprint density at radius 2 is 1.66 bits per heavy atom. The molecule has 1 atom stereocenters. The van der Waals surface area contributed by atoms with Crippen LogP contribution in [0.1, 0.15) is 16.9 Å². The summed E-state index contributed by atoms with van der Waals surface area (Å²) in [5.41, 5.74) is 2.34. The normalized spacial score (nSPS) is 16.1. The Hall–Kier alpha value is -3.98. The lowest BCUT2D eigenvalue weighted by Gasteiger charge is -2.24. The first kappa shape index (κ1) is 21.3. The van der Waals surface area contributed by atoms with Crippen LogP contribution in [0.5, 0.6) is 0 Å². The fourth-order valence-corrected chi connectivity index (χ4v) is 3.49. The van der Waals surface area contributed by atoms with Gasteiger partial charge >= 0.3 is 12.0 Å². The van der Waals surface area contributed by atoms with Gasteiger partial charge in [0, 0.05) is 19.6 Å². The van der Waals surface area contributed by atoms with E-state index in [1.807, 2.05) is 36.4 Å². The number of nitrogens with zero attached hydrogens (tertiary/aromatic N) is 4. The lowest BCUT2D eigenvalue weighted by atomic mass is 10.1. The second-order valence-electron chi connectivity index (χ2n) is 7.41. The summed E-state index contributed by atoms with van der Waals surface area (Å²) in [5, 5.41) is 16.0. The number of rotatable bonds is 9. The molecule has 0 spiro atoms. The summed E-state index contributed by atoms with van der Waals surface area (Å²) in [5.74, 6) is -0.200. The van der Waals surface area contributed by atoms with Crippen LogP contribution < -0.4 is 0 Å². The van der Waals surface area contributed by atoms with E-state index >= 15 is 0 Å². The van der Waals surface area contributed by atoms with Crippen molar-refractivity contribution < 1.29 is 18.9 Å². The van der Waals surface area contributed by atoms with Crippen LogP contribution in [0.25, 0.3) is 0 Å². The number of benzene rings is 2. The van der Waals surface area contributed by atoms with Gasteiger partial charge in [-0.05, 0) is 17.2 Å². The van der Waals surface area contributed by atoms with Crippen molar-refractivity contribution in [2.45, 2.75) is 19.2 Å². The highest BCUT2D eigenvalue weighted by molar-refractivity contribution is 5.78. The largest absolute Gasteiger partial charge is 0.441 e. The predicted octanol–water partition coefficient (Wildman–Crippen LogP) is 4.04. The minimum atomic E-state index is -0.633. The molecule has 1 aromatic heterocycles. The van der Waals surface area contributed by atoms with Gasteiger partial charge in [0.05, 0.1) is 18.8 Å². The van der Waals surface area contributed by atoms with Crippen molar-refractivity contribution in [2.75, 3.05) is 13.1 Å². The fourth-order valence-electron chi connectivity index (χ4n) is 3.49. The van der Waals surface area contributed by atoms with Crippen LogP contribution in [0.2, 0.25) is 0 Å². The van der Waals surface area contributed by atoms with Crippen molar-refractivity contribution in [3.63, 3.8) is 0 Å². The molecule has 0 radical (unpaired) electrons. The smallest absolute Gasteiger partial charge is 0.433 e. The van der Waals surface area contributed by atoms with Crippen LogP contribution in [0.3, 0.4) is 0 Å². The SMILES string of the molecule is O=C1O[C@H](CN(Cc2ccccc2)Cc2ccccc2)CN1/N=C\c1ccc([N+](=O)[O-])o1. The van der Waals surface area contributed by atoms with Gasteiger partial charge in [-0.1, -0.05) is 60.7 Å². The standard InChI is InChI=1S/C23H22N4O5/c28-23-26(24-13-20-11-12-22(31-20)27(29)30)17-21(32-23)16-25(14-18-7-3-1-4-8-18)15-19-9-5-2-6-10-19/h1-13,21H,14-17H2/b24-13-/t21-/m1/s1. The van der Waals surface area contributed by atoms with E-state index in [-0.39, 0.29) is 24.3 Å². The Bertz CT molecular complexity index is 1040. The monoisotopic (exact) mass is 434 g/mol. The van der Waals surface area contributed by atoms with Gasteiger partial charge in [0.1, 0.15) is 11.0 Å². The molecule has 2 aromatic carbocycles. The van der Waals surface area contributed by atoms with Gasteiger partial charge in [-0.2, -0.15) is 10.1 Å². The topological polar surface area (TPSA) is 101 Å². The Balaban J connectivity index is 1.40. The van der Waals surface area contributed by atoms with E-state index in [4.69, 9.17) is 9.15 Å². The van der Waals surface area contributed by atoms with Crippen LogP contribution in [-0.2, 0) is 17.8 Å². The van der Waals surface area contributed by atoms with Crippen molar-refractivity contribution >= 4 is 18.2 Å². The number of hydrogen-bond acceptors (Lipinski definition) is 7. The fraction of sp³-hybridized carbons (Fsp3) is 0.217. The van der Waals surface area contributed by atoms with Gasteiger partial charge in [-0.3, -0.25) is 15.0 Å². The van der Waals surface area contributed by atoms with Crippen molar-refractivity contribution in [3.05, 3.63) is 99.8 Å². The van der Waals surface area contributed by atoms with Gasteiger partial charge < -0.3 is 9.15 Å². The Labute approximate surface area is 184 Å². The third-order valence-corrected chi connectivity index (χ3v) is 4.93. The van der Waals surface area contributed by atoms with Crippen LogP contribution in [-0.4, -0.2) is 46.3 Å². The molecule has 1 aliphatic rings. The van der Waals surface area contributed by atoms with E-state index < -0.39 is 11.0 Å². The first-order valence-electron chi connectivity index (χ1n) is 10.1. The van der Waals surface area contributed by atoms with Crippen molar-refractivity contribution in [1.29, 1.82) is 0 Å². The summed E-state index contributed by atoms with van der Waals surface area (Å²) >= 11 is 0. The summed E-state index contributed by atoms with van der Waals surface area (Å²) in [4.78, 5) is 24.6. The molecule has 1 aliphatic heterocycles. The molecule has 3 aromatic rings. The lowest BCUT2D eigenvalue weighted by molar-refractivity contribution is -0.402. The number of hydrogen-bond donors (Lipinski definition) is 0. The number of furan rings is 1. The van der Waals surface area contributed by atoms with Gasteiger partial charge in [-0.25, -0.2) is 4.79 Å². The molecule has 4 rings (SSSR count). The predicted molar refractivity (Wildman–Crippen MR) is 117 cm³/mol. The molecule has 0 saturated carbocycles. The maximum atomic E-state index is 12.3. The van der Waals surface area contributed by atoms with Gasteiger partial charge in [0.15, 0.2) is 5.76 Å². The quantitative estimate of drug-likeness (QED) is 0.286. The number of carbonyl (C=O) groups excluding carboxylic acids is 1. The van der Waals surface area contributed by atoms with Crippen LogP contribution in [0.4, 0.5) is 10.7 Å². The summed E-state index contributed by atoms with van der Waals surface area (Å²) in [6.45, 7) is 2.23. The maximum absolute atomic E-state index is 12.3. The zero-order chi connectivity index (χ0) is 22.3. The Kier molecular flexibility index (Phi) is 6.57. The van der Waals surface area contributed by atoms with Gasteiger partial charge in [0.25, 0.3) is 0 Å². The molecule has 0 N–H and O–H groups in total. The average molecular weight is 434 g/mol. The highest BCUT2D eigenvalue weighted by atomic mass is 16.6. The molecule has 1 saturated heterocycles. The minimum Gasteiger partial charge on any atom is -0.441 e. The van der Waals surface area contributed by atoms with E-state index in [0.717, 1.165) is 0 Å². The third-order valence-electron chi connectivity index (χ3n) is 4.93. The summed E-state index contributed by atoms with van der Waals surface area (Å²) in [6, 6.07) is 22.9. The second-order valence-corrected chi connectivity index (χ2v) is 7.41. The maximum Gasteiger partial charge on any atom is 0.433 e. The van der Waals surface area contributed by atoms with Gasteiger partial charge in [0.2, 0.25) is 0 Å². The average Bonchev–Trinajstić information content (AvgIpc) is 3.40. The van der Waals surface area contributed by atoms with Gasteiger partial charge in [-0.15, -0.1) is 0 Å². The molecule has 0 aliphatic carbocycles. The number of nitro groups is 1. The second kappa shape index (κ2) is 9.88. The molecular weight excluding hydrogens is 412 g/mol. The minimum absolute atomic E-state index is 0.183. The highest BCUT2D eigenvalue weighted by Gasteiger charge is 2.32. The molecule has 32 heavy (non-hydrogen) atoms. The van der Waals surface area contributed by atoms with Crippen LogP contribution >= 0.6 is 0 Å². The third kappa shape index (κ3) is 5.58. The van der Waals surface area contributed by atoms with Crippen molar-refractivity contribution in [2.24, 2.45) is 5.10 Å². The first-order valence-corrected chi connectivity index (χ1v) is 10.1. The number of hydrazone groups is 1. The zero-order valence-corrected chi connectivity index (χ0v) is 17.2. The first-order chi connectivity index (χ1) is 15.6. The van der Waals surface area contributed by atoms with Crippen molar-refractivity contribution in [3.8, 4) is 0 Å².